The highest BCUT2D eigenvalue weighted by Gasteiger charge is 2.48. The van der Waals surface area contributed by atoms with Crippen LogP contribution in [0.3, 0.4) is 0 Å². The number of esters is 2. The highest BCUT2D eigenvalue weighted by atomic mass is 16.5. The average molecular weight is 693 g/mol. The molecule has 3 atom stereocenters. The van der Waals surface area contributed by atoms with Gasteiger partial charge in [-0.2, -0.15) is 0 Å². The summed E-state index contributed by atoms with van der Waals surface area (Å²) in [5.41, 5.74) is 11.1. The van der Waals surface area contributed by atoms with E-state index in [1.807, 2.05) is 52.0 Å². The molecule has 0 aromatic carbocycles. The Morgan fingerprint density at radius 3 is 2.37 bits per heavy atom. The summed E-state index contributed by atoms with van der Waals surface area (Å²) >= 11 is 0. The zero-order valence-electron chi connectivity index (χ0n) is 30.6. The lowest BCUT2D eigenvalue weighted by atomic mass is 9.85. The molecule has 0 unspecified atom stereocenters. The Hall–Kier alpha value is -5.09. The molecule has 3 aliphatic rings. The molecule has 5 N–H and O–H groups in total. The molecule has 1 aliphatic carbocycles. The Morgan fingerprint density at radius 2 is 1.71 bits per heavy atom. The van der Waals surface area contributed by atoms with Gasteiger partial charge in [-0.3, -0.25) is 14.4 Å². The minimum Gasteiger partial charge on any atom is -0.468 e. The van der Waals surface area contributed by atoms with Gasteiger partial charge in [0, 0.05) is 79.7 Å². The van der Waals surface area contributed by atoms with E-state index in [-0.39, 0.29) is 43.2 Å². The van der Waals surface area contributed by atoms with Gasteiger partial charge in [-0.05, 0) is 81.0 Å². The summed E-state index contributed by atoms with van der Waals surface area (Å²) < 4.78 is 10.8. The van der Waals surface area contributed by atoms with Crippen LogP contribution in [0, 0.1) is 31.6 Å². The van der Waals surface area contributed by atoms with Crippen LogP contribution in [0.5, 0.6) is 0 Å². The van der Waals surface area contributed by atoms with Gasteiger partial charge in [0.05, 0.1) is 19.4 Å². The van der Waals surface area contributed by atoms with E-state index in [0.717, 1.165) is 67.7 Å². The Bertz CT molecular complexity index is 2170. The number of ketones is 1. The van der Waals surface area contributed by atoms with Crippen LogP contribution < -0.4 is 16.0 Å². The molecule has 0 spiro atoms. The molecule has 10 nitrogen and oxygen atoms in total. The molecule has 268 valence electrons. The van der Waals surface area contributed by atoms with Gasteiger partial charge in [0.1, 0.15) is 12.5 Å². The average Bonchev–Trinajstić information content (AvgIpc) is 3.87. The van der Waals surface area contributed by atoms with Crippen molar-refractivity contribution in [1.82, 2.24) is 20.3 Å². The van der Waals surface area contributed by atoms with Gasteiger partial charge in [-0.25, -0.2) is 0 Å². The fourth-order valence-electron chi connectivity index (χ4n) is 7.82. The predicted molar refractivity (Wildman–Crippen MR) is 198 cm³/mol. The minimum atomic E-state index is -1.17. The highest BCUT2D eigenvalue weighted by molar-refractivity contribution is 6.24. The van der Waals surface area contributed by atoms with Crippen LogP contribution in [0.4, 0.5) is 0 Å². The molecule has 1 fully saturated rings. The molecule has 2 aliphatic heterocycles. The van der Waals surface area contributed by atoms with Gasteiger partial charge in [0.25, 0.3) is 0 Å². The zero-order valence-corrected chi connectivity index (χ0v) is 30.6. The molecule has 8 bridgehead atoms. The number of methoxy groups -OCH3 is 1. The van der Waals surface area contributed by atoms with E-state index < -0.39 is 11.9 Å². The number of aliphatic hydroxyl groups is 1. The number of carbonyl (C=O) groups excluding carboxylic acids is 3. The van der Waals surface area contributed by atoms with E-state index in [2.05, 4.69) is 46.8 Å². The molecule has 0 amide bonds. The van der Waals surface area contributed by atoms with Crippen LogP contribution in [0.25, 0.3) is 29.9 Å². The van der Waals surface area contributed by atoms with E-state index in [4.69, 9.17) is 9.47 Å². The third-order valence-corrected chi connectivity index (χ3v) is 11.0. The molecule has 1 saturated heterocycles. The smallest absolute Gasteiger partial charge is 0.321 e. The predicted octanol–water partition coefficient (Wildman–Crippen LogP) is 5.23. The van der Waals surface area contributed by atoms with Gasteiger partial charge in [-0.1, -0.05) is 39.0 Å². The van der Waals surface area contributed by atoms with Gasteiger partial charge < -0.3 is 34.8 Å². The van der Waals surface area contributed by atoms with E-state index >= 15 is 0 Å². The summed E-state index contributed by atoms with van der Waals surface area (Å²) in [5, 5.41) is 15.8. The van der Waals surface area contributed by atoms with Crippen molar-refractivity contribution < 1.29 is 29.0 Å². The lowest BCUT2D eigenvalue weighted by Gasteiger charge is -2.19. The molecule has 51 heavy (non-hydrogen) atoms. The number of ether oxygens (including phenoxy) is 2. The van der Waals surface area contributed by atoms with E-state index in [0.29, 0.717) is 40.9 Å². The van der Waals surface area contributed by atoms with Gasteiger partial charge in [0.2, 0.25) is 0 Å². The third-order valence-electron chi connectivity index (χ3n) is 11.0. The molecule has 0 radical (unpaired) electrons. The Balaban J connectivity index is 1.60. The molecule has 3 aromatic heterocycles. The number of Topliss-reactive ketones (excluding diaryl/α,β-unsaturated/α-hetero) is 1. The fourth-order valence-corrected chi connectivity index (χ4v) is 7.82. The number of hydrogen-bond acceptors (Lipinski definition) is 7. The summed E-state index contributed by atoms with van der Waals surface area (Å²) in [4.78, 5) is 51.3. The lowest BCUT2D eigenvalue weighted by molar-refractivity contribution is -0.143. The van der Waals surface area contributed by atoms with Gasteiger partial charge in [0.15, 0.2) is 5.78 Å². The van der Waals surface area contributed by atoms with Crippen LogP contribution in [0.1, 0.15) is 108 Å². The van der Waals surface area contributed by atoms with Gasteiger partial charge >= 0.3 is 11.9 Å². The van der Waals surface area contributed by atoms with Crippen molar-refractivity contribution in [3.8, 4) is 0 Å². The second-order valence-electron chi connectivity index (χ2n) is 13.7. The van der Waals surface area contributed by atoms with Crippen LogP contribution in [0.2, 0.25) is 0 Å². The summed E-state index contributed by atoms with van der Waals surface area (Å²) in [7, 11) is 1.29. The van der Waals surface area contributed by atoms with Crippen molar-refractivity contribution in [2.24, 2.45) is 17.8 Å². The van der Waals surface area contributed by atoms with Crippen molar-refractivity contribution in [1.29, 1.82) is 0 Å². The molecule has 0 saturated carbocycles. The summed E-state index contributed by atoms with van der Waals surface area (Å²) in [6, 6.07) is 0. The number of nitrogens with one attached hydrogen (secondary N) is 4. The number of fused-ring (bicyclic) bond motifs is 7. The normalized spacial score (nSPS) is 23.1. The first-order valence-corrected chi connectivity index (χ1v) is 17.8. The monoisotopic (exact) mass is 692 g/mol. The zero-order chi connectivity index (χ0) is 36.7. The first-order valence-electron chi connectivity index (χ1n) is 17.8. The minimum absolute atomic E-state index is 0.112. The first kappa shape index (κ1) is 35.7. The third kappa shape index (κ3) is 6.15. The standard InChI is InChI=1S/C41H48N4O6/c1-9-20(4)14-15-51-34(47)13-12-26-22(6)29-16-28-21(5)24(10-2)31(42-28)18-33-27(19-46)25(11-3)32(43-33)17-30-23(7)35-39(45-30)36(38(26)44-29)37(40(35)48)41(49)50-8/h10,14,16-18,22,26,37,42-46H,2,9,11-13,15,19H2,1,3-8H3/b20-14+,29-16-,32-17-,33-18-,38-36-/t22-,26-,37+/m0/s1. The van der Waals surface area contributed by atoms with Crippen molar-refractivity contribution in [2.45, 2.75) is 73.8 Å². The van der Waals surface area contributed by atoms with Crippen LogP contribution in [-0.2, 0) is 32.1 Å². The number of carbonyl (C=O) groups is 3. The molecular formula is C41H48N4O6. The van der Waals surface area contributed by atoms with Crippen LogP contribution in [0.15, 0.2) is 29.6 Å². The van der Waals surface area contributed by atoms with E-state index in [1.165, 1.54) is 7.11 Å². The fraction of sp³-hybridized carbons (Fsp3) is 0.390. The summed E-state index contributed by atoms with van der Waals surface area (Å²) in [6.07, 6.45) is 11.9. The molecule has 10 heteroatoms. The molecular weight excluding hydrogens is 644 g/mol. The quantitative estimate of drug-likeness (QED) is 0.111. The molecule has 5 heterocycles. The maximum atomic E-state index is 14.2. The maximum Gasteiger partial charge on any atom is 0.321 e. The van der Waals surface area contributed by atoms with Crippen molar-refractivity contribution in [3.05, 3.63) is 96.5 Å². The largest absolute Gasteiger partial charge is 0.468 e. The number of allylic oxidation sites excluding steroid dienone is 3. The SMILES string of the molecule is C=Cc1c2[nH]c(c1C)/C=C1\N/C(=C3\c4[nH]c(c(C)c4C(=O)[C@@H]3C(=O)OC)/C=c3\[nH]/c(c(CO)c3CC)=C\2)[C@@H](CCC(=O)OC/C=C(\C)CC)[C@@H]1C. The van der Waals surface area contributed by atoms with Crippen molar-refractivity contribution >= 4 is 47.6 Å². The molecule has 6 rings (SSSR count). The number of H-pyrrole nitrogens is 3. The van der Waals surface area contributed by atoms with E-state index in [9.17, 15) is 19.5 Å². The number of aromatic amines is 3. The second-order valence-corrected chi connectivity index (χ2v) is 13.7. The second kappa shape index (κ2) is 14.3. The summed E-state index contributed by atoms with van der Waals surface area (Å²) in [6.45, 7) is 16.3. The Morgan fingerprint density at radius 1 is 1.00 bits per heavy atom. The van der Waals surface area contributed by atoms with Crippen molar-refractivity contribution in [2.75, 3.05) is 13.7 Å². The number of aliphatic hydroxyl groups excluding tert-OH is 1. The summed E-state index contributed by atoms with van der Waals surface area (Å²) in [5.74, 6) is -2.80. The first-order chi connectivity index (χ1) is 24.5. The van der Waals surface area contributed by atoms with Crippen LogP contribution >= 0.6 is 0 Å². The Kier molecular flexibility index (Phi) is 9.99. The van der Waals surface area contributed by atoms with E-state index in [1.54, 1.807) is 0 Å². The molecule has 3 aromatic rings. The Labute approximate surface area is 298 Å². The van der Waals surface area contributed by atoms with Gasteiger partial charge in [-0.15, -0.1) is 0 Å². The number of aromatic nitrogens is 3. The number of rotatable bonds is 10. The highest BCUT2D eigenvalue weighted by Crippen LogP contribution is 2.48. The topological polar surface area (TPSA) is 149 Å². The number of hydrogen-bond donors (Lipinski definition) is 5. The lowest BCUT2D eigenvalue weighted by Crippen LogP contribution is -2.25. The maximum absolute atomic E-state index is 14.2. The van der Waals surface area contributed by atoms with Crippen LogP contribution in [-0.4, -0.2) is 51.5 Å². The van der Waals surface area contributed by atoms with Crippen molar-refractivity contribution in [3.63, 3.8) is 0 Å².